The number of amidine groups is 1. The van der Waals surface area contributed by atoms with Crippen LogP contribution in [0.1, 0.15) is 13.8 Å². The van der Waals surface area contributed by atoms with E-state index < -0.39 is 0 Å². The van der Waals surface area contributed by atoms with Crippen LogP contribution < -0.4 is 0 Å². The van der Waals surface area contributed by atoms with E-state index in [1.54, 1.807) is 0 Å². The number of rotatable bonds is 0. The monoisotopic (exact) mass is 124 g/mol. The molecule has 1 rings (SSSR count). The van der Waals surface area contributed by atoms with Crippen LogP contribution in [0, 0.1) is 0 Å². The van der Waals surface area contributed by atoms with Gasteiger partial charge in [0.2, 0.25) is 0 Å². The number of nitrogens with zero attached hydrogens (tertiary/aromatic N) is 2. The van der Waals surface area contributed by atoms with Gasteiger partial charge in [0.1, 0.15) is 5.84 Å². The predicted octanol–water partition coefficient (Wildman–Crippen LogP) is 1.25. The average molecular weight is 124 g/mol. The molecule has 2 heteroatoms. The highest BCUT2D eigenvalue weighted by Crippen LogP contribution is 2.03. The molecule has 1 heterocycles. The summed E-state index contributed by atoms with van der Waals surface area (Å²) >= 11 is 0. The van der Waals surface area contributed by atoms with E-state index in [1.165, 1.54) is 5.57 Å². The van der Waals surface area contributed by atoms with Gasteiger partial charge >= 0.3 is 0 Å². The van der Waals surface area contributed by atoms with Gasteiger partial charge < -0.3 is 4.90 Å². The molecule has 0 aromatic heterocycles. The van der Waals surface area contributed by atoms with Gasteiger partial charge in [-0.1, -0.05) is 0 Å². The fourth-order valence-electron chi connectivity index (χ4n) is 0.832. The zero-order valence-corrected chi connectivity index (χ0v) is 6.18. The summed E-state index contributed by atoms with van der Waals surface area (Å²) in [5, 5.41) is 0. The van der Waals surface area contributed by atoms with Crippen molar-refractivity contribution in [3.05, 3.63) is 11.8 Å². The third kappa shape index (κ3) is 1.31. The summed E-state index contributed by atoms with van der Waals surface area (Å²) in [6.07, 6.45) is 1.93. The van der Waals surface area contributed by atoms with Crippen molar-refractivity contribution in [1.82, 2.24) is 4.90 Å². The molecule has 0 unspecified atom stereocenters. The lowest BCUT2D eigenvalue weighted by Gasteiger charge is -2.21. The smallest absolute Gasteiger partial charge is 0.101 e. The Hall–Kier alpha value is -0.790. The van der Waals surface area contributed by atoms with E-state index in [2.05, 4.69) is 23.9 Å². The first-order chi connectivity index (χ1) is 4.20. The molecule has 0 saturated carbocycles. The molecule has 1 aliphatic rings. The van der Waals surface area contributed by atoms with Crippen LogP contribution in [0.15, 0.2) is 16.8 Å². The van der Waals surface area contributed by atoms with Crippen LogP contribution in [0.4, 0.5) is 0 Å². The van der Waals surface area contributed by atoms with Crippen molar-refractivity contribution < 1.29 is 0 Å². The van der Waals surface area contributed by atoms with Crippen molar-refractivity contribution in [2.75, 3.05) is 13.6 Å². The second-order valence-electron chi connectivity index (χ2n) is 2.51. The molecule has 50 valence electrons. The van der Waals surface area contributed by atoms with E-state index >= 15 is 0 Å². The minimum Gasteiger partial charge on any atom is -0.359 e. The summed E-state index contributed by atoms with van der Waals surface area (Å²) in [5.74, 6) is 1.10. The van der Waals surface area contributed by atoms with E-state index in [9.17, 15) is 0 Å². The van der Waals surface area contributed by atoms with Crippen molar-refractivity contribution in [2.45, 2.75) is 13.8 Å². The van der Waals surface area contributed by atoms with E-state index in [4.69, 9.17) is 0 Å². The fraction of sp³-hybridized carbons (Fsp3) is 0.571. The molecule has 0 bridgehead atoms. The Bertz CT molecular complexity index is 168. The maximum absolute atomic E-state index is 4.17. The van der Waals surface area contributed by atoms with E-state index in [-0.39, 0.29) is 0 Å². The predicted molar refractivity (Wildman–Crippen MR) is 39.5 cm³/mol. The molecule has 0 aromatic rings. The standard InChI is InChI=1S/C7H12N2/c1-6-4-8-7(2)9(3)5-6/h4H,5H2,1-3H3. The maximum atomic E-state index is 4.17. The zero-order chi connectivity index (χ0) is 6.85. The molecule has 0 saturated heterocycles. The molecule has 0 fully saturated rings. The Balaban J connectivity index is 2.74. The van der Waals surface area contributed by atoms with Gasteiger partial charge in [0.05, 0.1) is 0 Å². The molecule has 2 nitrogen and oxygen atoms in total. The molecule has 0 aliphatic carbocycles. The number of hydrogen-bond acceptors (Lipinski definition) is 2. The molecule has 1 aliphatic heterocycles. The van der Waals surface area contributed by atoms with E-state index in [1.807, 2.05) is 13.1 Å². The van der Waals surface area contributed by atoms with Gasteiger partial charge in [0, 0.05) is 19.8 Å². The first-order valence-corrected chi connectivity index (χ1v) is 3.11. The highest BCUT2D eigenvalue weighted by atomic mass is 15.2. The Morgan fingerprint density at radius 1 is 1.56 bits per heavy atom. The summed E-state index contributed by atoms with van der Waals surface area (Å²) in [6, 6.07) is 0. The van der Waals surface area contributed by atoms with E-state index in [0.717, 1.165) is 12.4 Å². The highest BCUT2D eigenvalue weighted by molar-refractivity contribution is 5.81. The molecular weight excluding hydrogens is 112 g/mol. The van der Waals surface area contributed by atoms with Crippen LogP contribution in [-0.2, 0) is 0 Å². The van der Waals surface area contributed by atoms with Gasteiger partial charge in [-0.2, -0.15) is 0 Å². The van der Waals surface area contributed by atoms with Crippen molar-refractivity contribution >= 4 is 5.84 Å². The van der Waals surface area contributed by atoms with Crippen LogP contribution in [-0.4, -0.2) is 24.3 Å². The van der Waals surface area contributed by atoms with Gasteiger partial charge in [-0.15, -0.1) is 0 Å². The van der Waals surface area contributed by atoms with Crippen molar-refractivity contribution in [1.29, 1.82) is 0 Å². The number of likely N-dealkylation sites (N-methyl/N-ethyl adjacent to an activating group) is 1. The molecule has 0 N–H and O–H groups in total. The SMILES string of the molecule is CC1=CN=C(C)N(C)C1. The summed E-state index contributed by atoms with van der Waals surface area (Å²) in [4.78, 5) is 6.31. The fourth-order valence-corrected chi connectivity index (χ4v) is 0.832. The van der Waals surface area contributed by atoms with Gasteiger partial charge in [0.15, 0.2) is 0 Å². The normalized spacial score (nSPS) is 19.2. The average Bonchev–Trinajstić information content (AvgIpc) is 1.80. The van der Waals surface area contributed by atoms with Crippen LogP contribution >= 0.6 is 0 Å². The van der Waals surface area contributed by atoms with E-state index in [0.29, 0.717) is 0 Å². The summed E-state index contributed by atoms with van der Waals surface area (Å²) in [5.41, 5.74) is 1.32. The lowest BCUT2D eigenvalue weighted by Crippen LogP contribution is -2.27. The lowest BCUT2D eigenvalue weighted by molar-refractivity contribution is 0.536. The van der Waals surface area contributed by atoms with Crippen molar-refractivity contribution in [3.63, 3.8) is 0 Å². The number of hydrogen-bond donors (Lipinski definition) is 0. The first-order valence-electron chi connectivity index (χ1n) is 3.11. The molecule has 0 aromatic carbocycles. The largest absolute Gasteiger partial charge is 0.359 e. The summed E-state index contributed by atoms with van der Waals surface area (Å²) in [6.45, 7) is 5.13. The molecule has 0 radical (unpaired) electrons. The molecule has 9 heavy (non-hydrogen) atoms. The van der Waals surface area contributed by atoms with Crippen LogP contribution in [0.3, 0.4) is 0 Å². The lowest BCUT2D eigenvalue weighted by atomic mass is 10.3. The van der Waals surface area contributed by atoms with Crippen LogP contribution in [0.5, 0.6) is 0 Å². The highest BCUT2D eigenvalue weighted by Gasteiger charge is 2.03. The third-order valence-electron chi connectivity index (χ3n) is 1.51. The Morgan fingerprint density at radius 2 is 2.22 bits per heavy atom. The van der Waals surface area contributed by atoms with Crippen LogP contribution in [0.25, 0.3) is 0 Å². The van der Waals surface area contributed by atoms with Crippen LogP contribution in [0.2, 0.25) is 0 Å². The second-order valence-corrected chi connectivity index (χ2v) is 2.51. The molecule has 0 amide bonds. The Labute approximate surface area is 55.9 Å². The van der Waals surface area contributed by atoms with Crippen molar-refractivity contribution in [2.24, 2.45) is 4.99 Å². The van der Waals surface area contributed by atoms with Crippen molar-refractivity contribution in [3.8, 4) is 0 Å². The Morgan fingerprint density at radius 3 is 2.67 bits per heavy atom. The first kappa shape index (κ1) is 6.33. The molecule has 0 atom stereocenters. The zero-order valence-electron chi connectivity index (χ0n) is 6.18. The molecule has 0 spiro atoms. The third-order valence-corrected chi connectivity index (χ3v) is 1.51. The van der Waals surface area contributed by atoms with Gasteiger partial charge in [0.25, 0.3) is 0 Å². The molecular formula is C7H12N2. The summed E-state index contributed by atoms with van der Waals surface area (Å²) in [7, 11) is 2.05. The second kappa shape index (κ2) is 2.21. The van der Waals surface area contributed by atoms with Gasteiger partial charge in [-0.3, -0.25) is 0 Å². The number of aliphatic imine (C=N–C) groups is 1. The van der Waals surface area contributed by atoms with Gasteiger partial charge in [-0.25, -0.2) is 4.99 Å². The minimum absolute atomic E-state index is 1.02. The summed E-state index contributed by atoms with van der Waals surface area (Å²) < 4.78 is 0. The topological polar surface area (TPSA) is 15.6 Å². The quantitative estimate of drug-likeness (QED) is 0.474. The minimum atomic E-state index is 1.02. The maximum Gasteiger partial charge on any atom is 0.101 e. The Kier molecular flexibility index (Phi) is 1.56. The van der Waals surface area contributed by atoms with Gasteiger partial charge in [-0.05, 0) is 19.4 Å².